The highest BCUT2D eigenvalue weighted by Gasteiger charge is 2.38. The Morgan fingerprint density at radius 1 is 1.04 bits per heavy atom. The van der Waals surface area contributed by atoms with Gasteiger partial charge in [0.05, 0.1) is 12.5 Å². The van der Waals surface area contributed by atoms with Crippen LogP contribution in [-0.4, -0.2) is 22.5 Å². The zero-order valence-electron chi connectivity index (χ0n) is 14.0. The maximum absolute atomic E-state index is 12.3. The van der Waals surface area contributed by atoms with Gasteiger partial charge in [-0.25, -0.2) is 0 Å². The third-order valence-electron chi connectivity index (χ3n) is 4.11. The first-order chi connectivity index (χ1) is 12.0. The Balaban J connectivity index is 1.64. The molecular weight excluding hydrogens is 318 g/mol. The van der Waals surface area contributed by atoms with Gasteiger partial charge in [-0.3, -0.25) is 14.5 Å². The maximum Gasteiger partial charge on any atom is 0.233 e. The number of carbonyl (C=O) groups is 3. The van der Waals surface area contributed by atoms with Gasteiger partial charge in [-0.2, -0.15) is 0 Å². The number of rotatable bonds is 6. The molecule has 3 rings (SSSR count). The van der Waals surface area contributed by atoms with E-state index in [0.29, 0.717) is 5.75 Å². The highest BCUT2D eigenvalue weighted by Crippen LogP contribution is 2.26. The lowest BCUT2D eigenvalue weighted by Gasteiger charge is -2.15. The second kappa shape index (κ2) is 7.30. The van der Waals surface area contributed by atoms with Gasteiger partial charge in [0, 0.05) is 12.8 Å². The predicted molar refractivity (Wildman–Crippen MR) is 91.9 cm³/mol. The molecule has 0 aliphatic carbocycles. The van der Waals surface area contributed by atoms with Gasteiger partial charge < -0.3 is 9.53 Å². The lowest BCUT2D eigenvalue weighted by Crippen LogP contribution is -2.30. The molecular formula is C20H19NO4. The normalized spacial score (nSPS) is 17.0. The summed E-state index contributed by atoms with van der Waals surface area (Å²) in [4.78, 5) is 36.8. The number of likely N-dealkylation sites (tertiary alicyclic amines) is 1. The van der Waals surface area contributed by atoms with Gasteiger partial charge in [0.15, 0.2) is 0 Å². The third kappa shape index (κ3) is 4.12. The second-order valence-electron chi connectivity index (χ2n) is 6.18. The number of amides is 2. The van der Waals surface area contributed by atoms with E-state index in [2.05, 4.69) is 0 Å². The number of nitrogens with zero attached hydrogens (tertiary/aromatic N) is 1. The molecule has 1 fully saturated rings. The predicted octanol–water partition coefficient (Wildman–Crippen LogP) is 3.33. The molecule has 0 spiro atoms. The first kappa shape index (κ1) is 16.9. The monoisotopic (exact) mass is 337 g/mol. The number of imide groups is 1. The molecule has 2 amide bonds. The van der Waals surface area contributed by atoms with E-state index in [0.717, 1.165) is 11.3 Å². The fourth-order valence-electron chi connectivity index (χ4n) is 2.89. The number of hydrogen-bond acceptors (Lipinski definition) is 4. The molecule has 1 heterocycles. The maximum atomic E-state index is 12.3. The minimum atomic E-state index is -0.509. The van der Waals surface area contributed by atoms with E-state index in [9.17, 15) is 14.4 Å². The van der Waals surface area contributed by atoms with Gasteiger partial charge in [-0.15, -0.1) is 0 Å². The molecule has 2 aromatic rings. The van der Waals surface area contributed by atoms with Crippen LogP contribution in [0.15, 0.2) is 54.6 Å². The molecule has 0 N–H and O–H groups in total. The van der Waals surface area contributed by atoms with Crippen LogP contribution in [0.25, 0.3) is 0 Å². The molecule has 1 unspecified atom stereocenters. The van der Waals surface area contributed by atoms with Gasteiger partial charge in [0.2, 0.25) is 11.8 Å². The fraction of sp³-hybridized carbons (Fsp3) is 0.250. The van der Waals surface area contributed by atoms with Crippen molar-refractivity contribution < 1.29 is 19.1 Å². The minimum absolute atomic E-state index is 0.0737. The summed E-state index contributed by atoms with van der Waals surface area (Å²) >= 11 is 0. The van der Waals surface area contributed by atoms with Crippen LogP contribution in [0.2, 0.25) is 0 Å². The average Bonchev–Trinajstić information content (AvgIpc) is 2.84. The average molecular weight is 337 g/mol. The van der Waals surface area contributed by atoms with E-state index >= 15 is 0 Å². The number of carbonyl (C=O) groups excluding carboxylic acids is 3. The molecule has 1 saturated heterocycles. The molecule has 1 aliphatic heterocycles. The summed E-state index contributed by atoms with van der Waals surface area (Å²) in [7, 11) is 0. The summed E-state index contributed by atoms with van der Waals surface area (Å²) in [6, 6.07) is 16.7. The Bertz CT molecular complexity index is 783. The van der Waals surface area contributed by atoms with Gasteiger partial charge in [0.1, 0.15) is 17.3 Å². The summed E-state index contributed by atoms with van der Waals surface area (Å²) < 4.78 is 5.72. The third-order valence-corrected chi connectivity index (χ3v) is 4.11. The van der Waals surface area contributed by atoms with Crippen LogP contribution in [0, 0.1) is 5.92 Å². The molecule has 0 radical (unpaired) electrons. The molecule has 5 heteroatoms. The van der Waals surface area contributed by atoms with Gasteiger partial charge >= 0.3 is 0 Å². The lowest BCUT2D eigenvalue weighted by molar-refractivity contribution is -0.140. The van der Waals surface area contributed by atoms with Crippen LogP contribution < -0.4 is 4.74 Å². The number of para-hydroxylation sites is 1. The van der Waals surface area contributed by atoms with Crippen LogP contribution >= 0.6 is 0 Å². The minimum Gasteiger partial charge on any atom is -0.457 e. The largest absolute Gasteiger partial charge is 0.457 e. The van der Waals surface area contributed by atoms with E-state index in [4.69, 9.17) is 4.74 Å². The van der Waals surface area contributed by atoms with Gasteiger partial charge in [-0.1, -0.05) is 30.3 Å². The van der Waals surface area contributed by atoms with Crippen molar-refractivity contribution in [2.24, 2.45) is 5.92 Å². The van der Waals surface area contributed by atoms with Crippen molar-refractivity contribution in [3.63, 3.8) is 0 Å². The van der Waals surface area contributed by atoms with Gasteiger partial charge in [0.25, 0.3) is 0 Å². The lowest BCUT2D eigenvalue weighted by atomic mass is 10.0. The zero-order chi connectivity index (χ0) is 17.8. The summed E-state index contributed by atoms with van der Waals surface area (Å²) in [6.45, 7) is 1.66. The molecule has 0 bridgehead atoms. The molecule has 0 saturated carbocycles. The highest BCUT2D eigenvalue weighted by atomic mass is 16.5. The molecule has 25 heavy (non-hydrogen) atoms. The number of ketones is 1. The van der Waals surface area contributed by atoms with Crippen LogP contribution in [0.3, 0.4) is 0 Å². The molecule has 1 atom stereocenters. The molecule has 2 aromatic carbocycles. The molecule has 0 aromatic heterocycles. The molecule has 1 aliphatic rings. The summed E-state index contributed by atoms with van der Waals surface area (Å²) in [6.07, 6.45) is 0.249. The first-order valence-electron chi connectivity index (χ1n) is 8.18. The van der Waals surface area contributed by atoms with Crippen molar-refractivity contribution in [1.29, 1.82) is 0 Å². The Kier molecular flexibility index (Phi) is 4.93. The van der Waals surface area contributed by atoms with Crippen molar-refractivity contribution in [3.8, 4) is 11.5 Å². The molecule has 128 valence electrons. The van der Waals surface area contributed by atoms with Gasteiger partial charge in [-0.05, 0) is 36.8 Å². The smallest absolute Gasteiger partial charge is 0.233 e. The van der Waals surface area contributed by atoms with E-state index < -0.39 is 5.92 Å². The first-order valence-corrected chi connectivity index (χ1v) is 8.18. The summed E-state index contributed by atoms with van der Waals surface area (Å²) in [5.74, 6) is 0.363. The second-order valence-corrected chi connectivity index (χ2v) is 6.18. The van der Waals surface area contributed by atoms with Crippen molar-refractivity contribution in [2.45, 2.75) is 26.3 Å². The molecule has 5 nitrogen and oxygen atoms in total. The number of benzene rings is 2. The number of ether oxygens (including phenoxy) is 1. The Morgan fingerprint density at radius 3 is 2.32 bits per heavy atom. The van der Waals surface area contributed by atoms with Crippen molar-refractivity contribution in [2.75, 3.05) is 0 Å². The Morgan fingerprint density at radius 2 is 1.68 bits per heavy atom. The SMILES string of the molecule is CC(=O)CC1CC(=O)N(Cc2ccc(Oc3ccccc3)cc2)C1=O. The Hall–Kier alpha value is -2.95. The Labute approximate surface area is 146 Å². The van der Waals surface area contributed by atoms with Crippen molar-refractivity contribution in [1.82, 2.24) is 4.90 Å². The number of hydrogen-bond donors (Lipinski definition) is 0. The topological polar surface area (TPSA) is 63.7 Å². The van der Waals surface area contributed by atoms with E-state index in [-0.39, 0.29) is 37.0 Å². The van der Waals surface area contributed by atoms with Crippen LogP contribution in [0.1, 0.15) is 25.3 Å². The van der Waals surface area contributed by atoms with E-state index in [1.54, 1.807) is 12.1 Å². The van der Waals surface area contributed by atoms with Crippen LogP contribution in [-0.2, 0) is 20.9 Å². The standard InChI is InChI=1S/C20H19NO4/c1-14(22)11-16-12-19(23)21(20(16)24)13-15-7-9-18(10-8-15)25-17-5-3-2-4-6-17/h2-10,16H,11-13H2,1H3. The quantitative estimate of drug-likeness (QED) is 0.759. The number of Topliss-reactive ketones (excluding diaryl/α,β-unsaturated/α-hetero) is 1. The zero-order valence-corrected chi connectivity index (χ0v) is 14.0. The summed E-state index contributed by atoms with van der Waals surface area (Å²) in [5, 5.41) is 0. The van der Waals surface area contributed by atoms with Crippen LogP contribution in [0.4, 0.5) is 0 Å². The van der Waals surface area contributed by atoms with Crippen molar-refractivity contribution in [3.05, 3.63) is 60.2 Å². The van der Waals surface area contributed by atoms with Crippen LogP contribution in [0.5, 0.6) is 11.5 Å². The summed E-state index contributed by atoms with van der Waals surface area (Å²) in [5.41, 5.74) is 0.839. The van der Waals surface area contributed by atoms with E-state index in [1.165, 1.54) is 11.8 Å². The van der Waals surface area contributed by atoms with Crippen molar-refractivity contribution >= 4 is 17.6 Å². The van der Waals surface area contributed by atoms with E-state index in [1.807, 2.05) is 42.5 Å². The fourth-order valence-corrected chi connectivity index (χ4v) is 2.89. The highest BCUT2D eigenvalue weighted by molar-refractivity contribution is 6.04.